The number of rotatable bonds is 3. The summed E-state index contributed by atoms with van der Waals surface area (Å²) < 4.78 is 0. The van der Waals surface area contributed by atoms with E-state index >= 15 is 0 Å². The van der Waals surface area contributed by atoms with Crippen molar-refractivity contribution in [1.82, 2.24) is 15.0 Å². The summed E-state index contributed by atoms with van der Waals surface area (Å²) in [5, 5.41) is 5.15. The van der Waals surface area contributed by atoms with E-state index in [1.54, 1.807) is 28.9 Å². The molecule has 3 aromatic rings. The third-order valence-corrected chi connectivity index (χ3v) is 6.44. The summed E-state index contributed by atoms with van der Waals surface area (Å²) in [6.45, 7) is 2.00. The molecule has 0 radical (unpaired) electrons. The fraction of sp³-hybridized carbons (Fsp3) is 0.312. The van der Waals surface area contributed by atoms with Gasteiger partial charge in [-0.3, -0.25) is 4.98 Å². The predicted molar refractivity (Wildman–Crippen MR) is 92.7 cm³/mol. The van der Waals surface area contributed by atoms with Gasteiger partial charge in [0.05, 0.1) is 16.3 Å². The van der Waals surface area contributed by atoms with Crippen LogP contribution in [0.3, 0.4) is 0 Å². The van der Waals surface area contributed by atoms with Crippen molar-refractivity contribution < 1.29 is 0 Å². The van der Waals surface area contributed by atoms with Crippen LogP contribution in [0, 0.1) is 11.8 Å². The maximum Gasteiger partial charge on any atom is 0.135 e. The SMILES string of the molecule is Cc1nc(-c2cccnc2)sc1-c1nc2c(s1)CCCC2N=O. The van der Waals surface area contributed by atoms with Crippen LogP contribution < -0.4 is 0 Å². The number of fused-ring (bicyclic) bond motifs is 1. The van der Waals surface area contributed by atoms with Crippen LogP contribution in [0.1, 0.15) is 35.1 Å². The Kier molecular flexibility index (Phi) is 3.74. The standard InChI is InChI=1S/C16H14N4OS2/c1-9-14(23-15(18-9)10-4-3-7-17-8-10)16-19-13-11(20-21)5-2-6-12(13)22-16/h3-4,7-8,11H,2,5-6H2,1H3. The lowest BCUT2D eigenvalue weighted by atomic mass is 9.99. The Hall–Kier alpha value is -1.99. The van der Waals surface area contributed by atoms with E-state index in [1.165, 1.54) is 4.88 Å². The Balaban J connectivity index is 1.76. The fourth-order valence-corrected chi connectivity index (χ4v) is 5.14. The monoisotopic (exact) mass is 342 g/mol. The minimum atomic E-state index is -0.283. The van der Waals surface area contributed by atoms with Crippen LogP contribution in [0.25, 0.3) is 20.5 Å². The van der Waals surface area contributed by atoms with Gasteiger partial charge in [-0.1, -0.05) is 5.18 Å². The van der Waals surface area contributed by atoms with E-state index < -0.39 is 0 Å². The lowest BCUT2D eigenvalue weighted by Gasteiger charge is -2.13. The summed E-state index contributed by atoms with van der Waals surface area (Å²) in [7, 11) is 0. The highest BCUT2D eigenvalue weighted by atomic mass is 32.1. The molecule has 5 nitrogen and oxygen atoms in total. The molecule has 1 unspecified atom stereocenters. The van der Waals surface area contributed by atoms with Crippen LogP contribution in [0.2, 0.25) is 0 Å². The third kappa shape index (κ3) is 2.60. The highest BCUT2D eigenvalue weighted by Crippen LogP contribution is 2.42. The molecule has 0 spiro atoms. The number of hydrogen-bond donors (Lipinski definition) is 0. The lowest BCUT2D eigenvalue weighted by molar-refractivity contribution is 0.563. The van der Waals surface area contributed by atoms with Gasteiger partial charge in [0.15, 0.2) is 0 Å². The van der Waals surface area contributed by atoms with E-state index in [0.717, 1.165) is 51.1 Å². The number of pyridine rings is 1. The van der Waals surface area contributed by atoms with Crippen molar-refractivity contribution in [3.63, 3.8) is 0 Å². The lowest BCUT2D eigenvalue weighted by Crippen LogP contribution is -2.05. The van der Waals surface area contributed by atoms with Crippen molar-refractivity contribution in [2.24, 2.45) is 5.18 Å². The first-order chi connectivity index (χ1) is 11.3. The van der Waals surface area contributed by atoms with Gasteiger partial charge < -0.3 is 0 Å². The molecule has 0 aliphatic heterocycles. The van der Waals surface area contributed by atoms with Gasteiger partial charge in [0, 0.05) is 22.8 Å². The summed E-state index contributed by atoms with van der Waals surface area (Å²) in [6.07, 6.45) is 6.38. The molecule has 0 bridgehead atoms. The summed E-state index contributed by atoms with van der Waals surface area (Å²) in [5.41, 5.74) is 2.86. The van der Waals surface area contributed by atoms with Crippen LogP contribution in [0.15, 0.2) is 29.7 Å². The van der Waals surface area contributed by atoms with Crippen molar-refractivity contribution in [3.8, 4) is 20.5 Å². The Morgan fingerprint density at radius 1 is 1.26 bits per heavy atom. The molecule has 1 atom stereocenters. The first kappa shape index (κ1) is 14.6. The molecule has 3 aromatic heterocycles. The Morgan fingerprint density at radius 2 is 2.17 bits per heavy atom. The molecule has 0 amide bonds. The molecule has 0 aromatic carbocycles. The molecule has 116 valence electrons. The Bertz CT molecular complexity index is 856. The second-order valence-corrected chi connectivity index (χ2v) is 7.60. The van der Waals surface area contributed by atoms with Gasteiger partial charge >= 0.3 is 0 Å². The van der Waals surface area contributed by atoms with E-state index in [-0.39, 0.29) is 6.04 Å². The van der Waals surface area contributed by atoms with Crippen LogP contribution in [-0.2, 0) is 6.42 Å². The van der Waals surface area contributed by atoms with Gasteiger partial charge in [-0.2, -0.15) is 4.91 Å². The second kappa shape index (κ2) is 5.90. The Morgan fingerprint density at radius 3 is 2.96 bits per heavy atom. The molecule has 23 heavy (non-hydrogen) atoms. The molecule has 0 saturated heterocycles. The van der Waals surface area contributed by atoms with Crippen LogP contribution >= 0.6 is 22.7 Å². The number of nitrogens with zero attached hydrogens (tertiary/aromatic N) is 4. The zero-order chi connectivity index (χ0) is 15.8. The average Bonchev–Trinajstić information content (AvgIpc) is 3.18. The number of thiazole rings is 2. The highest BCUT2D eigenvalue weighted by molar-refractivity contribution is 7.23. The van der Waals surface area contributed by atoms with Gasteiger partial charge in [-0.05, 0) is 38.3 Å². The predicted octanol–water partition coefficient (Wildman–Crippen LogP) is 4.78. The molecular weight excluding hydrogens is 328 g/mol. The highest BCUT2D eigenvalue weighted by Gasteiger charge is 2.27. The Labute approximate surface area is 141 Å². The fourth-order valence-electron chi connectivity index (χ4n) is 2.80. The minimum absolute atomic E-state index is 0.283. The summed E-state index contributed by atoms with van der Waals surface area (Å²) in [4.78, 5) is 26.8. The smallest absolute Gasteiger partial charge is 0.135 e. The minimum Gasteiger partial charge on any atom is -0.264 e. The molecule has 3 heterocycles. The first-order valence-electron chi connectivity index (χ1n) is 7.46. The first-order valence-corrected chi connectivity index (χ1v) is 9.10. The number of aryl methyl sites for hydroxylation is 2. The number of nitroso groups, excluding NO2 is 1. The third-order valence-electron chi connectivity index (χ3n) is 3.95. The van der Waals surface area contributed by atoms with E-state index in [1.807, 2.05) is 25.3 Å². The van der Waals surface area contributed by atoms with Crippen molar-refractivity contribution >= 4 is 22.7 Å². The van der Waals surface area contributed by atoms with Gasteiger partial charge in [-0.25, -0.2) is 9.97 Å². The van der Waals surface area contributed by atoms with E-state index in [0.29, 0.717) is 0 Å². The largest absolute Gasteiger partial charge is 0.264 e. The van der Waals surface area contributed by atoms with Gasteiger partial charge in [-0.15, -0.1) is 22.7 Å². The molecule has 0 fully saturated rings. The molecular formula is C16H14N4OS2. The van der Waals surface area contributed by atoms with Crippen molar-refractivity contribution in [1.29, 1.82) is 0 Å². The maximum absolute atomic E-state index is 11.0. The van der Waals surface area contributed by atoms with Crippen molar-refractivity contribution in [2.45, 2.75) is 32.2 Å². The topological polar surface area (TPSA) is 68.1 Å². The summed E-state index contributed by atoms with van der Waals surface area (Å²) >= 11 is 3.30. The van der Waals surface area contributed by atoms with E-state index in [2.05, 4.69) is 15.1 Å². The molecule has 1 aliphatic rings. The van der Waals surface area contributed by atoms with Gasteiger partial charge in [0.2, 0.25) is 0 Å². The van der Waals surface area contributed by atoms with Crippen LogP contribution in [-0.4, -0.2) is 15.0 Å². The zero-order valence-electron chi connectivity index (χ0n) is 12.5. The molecule has 1 aliphatic carbocycles. The van der Waals surface area contributed by atoms with E-state index in [9.17, 15) is 4.91 Å². The number of hydrogen-bond acceptors (Lipinski definition) is 7. The molecule has 0 N–H and O–H groups in total. The second-order valence-electron chi connectivity index (χ2n) is 5.52. The normalized spacial score (nSPS) is 17.0. The number of aromatic nitrogens is 3. The summed E-state index contributed by atoms with van der Waals surface area (Å²) in [5.74, 6) is 0. The van der Waals surface area contributed by atoms with Crippen molar-refractivity contribution in [3.05, 3.63) is 45.7 Å². The van der Waals surface area contributed by atoms with Gasteiger partial charge in [0.1, 0.15) is 16.1 Å². The van der Waals surface area contributed by atoms with Crippen molar-refractivity contribution in [2.75, 3.05) is 0 Å². The molecule has 0 saturated carbocycles. The van der Waals surface area contributed by atoms with Crippen LogP contribution in [0.4, 0.5) is 0 Å². The quantitative estimate of drug-likeness (QED) is 0.642. The van der Waals surface area contributed by atoms with E-state index in [4.69, 9.17) is 4.98 Å². The van der Waals surface area contributed by atoms with Gasteiger partial charge in [0.25, 0.3) is 0 Å². The average molecular weight is 342 g/mol. The summed E-state index contributed by atoms with van der Waals surface area (Å²) in [6, 6.07) is 3.64. The molecule has 4 rings (SSSR count). The van der Waals surface area contributed by atoms with Crippen LogP contribution in [0.5, 0.6) is 0 Å². The zero-order valence-corrected chi connectivity index (χ0v) is 14.2. The maximum atomic E-state index is 11.0. The molecule has 7 heteroatoms.